The predicted molar refractivity (Wildman–Crippen MR) is 67.9 cm³/mol. The van der Waals surface area contributed by atoms with Crippen molar-refractivity contribution in [1.29, 1.82) is 0 Å². The molecule has 0 radical (unpaired) electrons. The molecule has 0 saturated carbocycles. The number of hydrazine groups is 2. The van der Waals surface area contributed by atoms with Crippen LogP contribution in [0, 0.1) is 0 Å². The van der Waals surface area contributed by atoms with Gasteiger partial charge in [0.05, 0.1) is 0 Å². The normalized spacial score (nSPS) is 8.00. The van der Waals surface area contributed by atoms with Crippen molar-refractivity contribution in [2.75, 3.05) is 6.54 Å². The molecule has 0 aromatic heterocycles. The van der Waals surface area contributed by atoms with E-state index in [9.17, 15) is 9.59 Å². The van der Waals surface area contributed by atoms with E-state index in [1.54, 1.807) is 5.43 Å². The first kappa shape index (κ1) is 22.4. The molecule has 0 aromatic carbocycles. The molecular weight excluding hydrogens is 275 g/mol. The van der Waals surface area contributed by atoms with Gasteiger partial charge in [-0.1, -0.05) is 45.0 Å². The zero-order chi connectivity index (χ0) is 12.1. The van der Waals surface area contributed by atoms with Crippen molar-refractivity contribution >= 4 is 35.7 Å². The molecule has 0 heterocycles. The minimum absolute atomic E-state index is 0. The van der Waals surface area contributed by atoms with Gasteiger partial charge in [-0.2, -0.15) is 0 Å². The second kappa shape index (κ2) is 18.6. The van der Waals surface area contributed by atoms with Crippen LogP contribution < -0.4 is 73.5 Å². The van der Waals surface area contributed by atoms with Crippen LogP contribution in [0.2, 0.25) is 0 Å². The Morgan fingerprint density at radius 2 is 1.75 bits per heavy atom. The number of nitrogens with two attached hydrogens (primary N) is 1. The summed E-state index contributed by atoms with van der Waals surface area (Å²) in [7, 11) is 0. The number of unbranched alkanes of at least 4 members (excludes halogenated alkanes) is 2. The maximum atomic E-state index is 10.2. The topological polar surface area (TPSA) is 96.2 Å². The molecule has 5 N–H and O–H groups in total. The average molecular weight is 294 g/mol. The van der Waals surface area contributed by atoms with E-state index in [-0.39, 0.29) is 58.1 Å². The third-order valence-corrected chi connectivity index (χ3v) is 1.47. The second-order valence-electron chi connectivity index (χ2n) is 2.51. The predicted octanol–water partition coefficient (Wildman–Crippen LogP) is -2.06. The fraction of sp³-hybridized carbons (Fsp3) is 0.714. The molecule has 16 heavy (non-hydrogen) atoms. The monoisotopic (exact) mass is 294 g/mol. The summed E-state index contributed by atoms with van der Waals surface area (Å²) in [5.74, 6) is 4.50. The molecule has 0 bridgehead atoms. The first-order valence-electron chi connectivity index (χ1n) is 4.45. The first-order valence-corrected chi connectivity index (χ1v) is 5.35. The van der Waals surface area contributed by atoms with Crippen molar-refractivity contribution < 1.29 is 62.4 Å². The van der Waals surface area contributed by atoms with Crippen LogP contribution in [-0.4, -0.2) is 17.0 Å². The summed E-state index contributed by atoms with van der Waals surface area (Å²) in [4.78, 5) is 19.6. The van der Waals surface area contributed by atoms with E-state index >= 15 is 0 Å². The van der Waals surface area contributed by atoms with Crippen molar-refractivity contribution in [2.45, 2.75) is 26.2 Å². The Morgan fingerprint density at radius 1 is 1.25 bits per heavy atom. The number of hydrogen-bond acceptors (Lipinski definition) is 4. The molecule has 0 saturated heterocycles. The fourth-order valence-corrected chi connectivity index (χ4v) is 0.681. The number of rotatable bonds is 5. The maximum absolute atomic E-state index is 10.2. The van der Waals surface area contributed by atoms with E-state index in [1.807, 2.05) is 0 Å². The minimum Gasteiger partial charge on any atom is -1.00 e. The molecule has 2 amide bonds. The molecule has 0 aliphatic carbocycles. The number of hydrogen-bond donors (Lipinski definition) is 6. The zero-order valence-electron chi connectivity index (χ0n) is 10.6. The van der Waals surface area contributed by atoms with Crippen molar-refractivity contribution in [3.05, 3.63) is 0 Å². The van der Waals surface area contributed by atoms with Gasteiger partial charge in [0.2, 0.25) is 0 Å². The van der Waals surface area contributed by atoms with Crippen molar-refractivity contribution in [3.63, 3.8) is 0 Å². The number of carbonyl (C=O) groups is 2. The Kier molecular flexibility index (Phi) is 26.0. The average Bonchev–Trinajstić information content (AvgIpc) is 2.18. The number of amides is 2. The summed E-state index contributed by atoms with van der Waals surface area (Å²) in [5, 5.41) is -0.860. The van der Waals surface area contributed by atoms with Crippen LogP contribution in [0.1, 0.15) is 27.6 Å². The molecule has 92 valence electrons. The Labute approximate surface area is 151 Å². The number of thiol groups is 2. The minimum atomic E-state index is -0.523. The smallest absolute Gasteiger partial charge is 1.00 e. The van der Waals surface area contributed by atoms with Gasteiger partial charge in [0.25, 0.3) is 10.5 Å². The summed E-state index contributed by atoms with van der Waals surface area (Å²) in [6.07, 6.45) is 3.47. The molecule has 0 spiro atoms. The van der Waals surface area contributed by atoms with Gasteiger partial charge < -0.3 is 1.43 Å². The quantitative estimate of drug-likeness (QED) is 0.0877. The molecule has 0 unspecified atom stereocenters. The van der Waals surface area contributed by atoms with Crippen LogP contribution in [0.3, 0.4) is 0 Å². The van der Waals surface area contributed by atoms with Crippen LogP contribution >= 0.6 is 25.3 Å². The van der Waals surface area contributed by atoms with Crippen LogP contribution in [-0.2, 0) is 0 Å². The molecule has 0 atom stereocenters. The zero-order valence-corrected chi connectivity index (χ0v) is 14.5. The van der Waals surface area contributed by atoms with E-state index in [0.717, 1.165) is 13.0 Å². The van der Waals surface area contributed by atoms with Crippen molar-refractivity contribution in [2.24, 2.45) is 5.84 Å². The number of carbonyl (C=O) groups excluding carboxylic acids is 2. The Morgan fingerprint density at radius 3 is 2.06 bits per heavy atom. The van der Waals surface area contributed by atoms with Gasteiger partial charge in [0.1, 0.15) is 0 Å². The fourth-order valence-electron chi connectivity index (χ4n) is 0.602. The molecule has 0 aromatic rings. The van der Waals surface area contributed by atoms with Gasteiger partial charge >= 0.3 is 51.4 Å². The maximum Gasteiger partial charge on any atom is 1.00 e. The summed E-state index contributed by atoms with van der Waals surface area (Å²) < 4.78 is 0. The van der Waals surface area contributed by atoms with E-state index in [4.69, 9.17) is 0 Å². The van der Waals surface area contributed by atoms with Gasteiger partial charge in [-0.3, -0.25) is 20.4 Å². The van der Waals surface area contributed by atoms with Crippen LogP contribution in [0.15, 0.2) is 0 Å². The van der Waals surface area contributed by atoms with Gasteiger partial charge in [-0.15, -0.1) is 0 Å². The Bertz CT molecular complexity index is 191. The third-order valence-electron chi connectivity index (χ3n) is 1.22. The standard InChI is InChI=1S/C6H14N2OS.CH4N2OS.K.H/c1-2-3-4-5-7-8-6(9)10;2-3-1(4)5;;/h7H,2-5H2,1H3,(H2,8,9,10);2H2,(H2,3,4,5);;/q;;+1;-1. The van der Waals surface area contributed by atoms with Crippen LogP contribution in [0.5, 0.6) is 0 Å². The Balaban J connectivity index is -0.000000105. The summed E-state index contributed by atoms with van der Waals surface area (Å²) >= 11 is 6.73. The molecule has 0 fully saturated rings. The summed E-state index contributed by atoms with van der Waals surface area (Å²) in [6.45, 7) is 2.96. The first-order chi connectivity index (χ1) is 7.04. The molecule has 0 aliphatic heterocycles. The summed E-state index contributed by atoms with van der Waals surface area (Å²) in [6, 6.07) is 0. The summed E-state index contributed by atoms with van der Waals surface area (Å²) in [5.41, 5.74) is 6.88. The van der Waals surface area contributed by atoms with Gasteiger partial charge in [-0.25, -0.2) is 11.3 Å². The second-order valence-corrected chi connectivity index (χ2v) is 3.33. The van der Waals surface area contributed by atoms with Gasteiger partial charge in [0, 0.05) is 6.54 Å². The van der Waals surface area contributed by atoms with E-state index in [0.29, 0.717) is 0 Å². The SMILES string of the molecule is CCCCCNNC(=O)S.NNC(=O)S.[H-].[K+]. The van der Waals surface area contributed by atoms with E-state index in [1.165, 1.54) is 12.8 Å². The molecule has 0 rings (SSSR count). The van der Waals surface area contributed by atoms with E-state index < -0.39 is 5.24 Å². The number of nitrogens with one attached hydrogen (secondary N) is 3. The molecule has 0 aliphatic rings. The largest absolute Gasteiger partial charge is 1.00 e. The van der Waals surface area contributed by atoms with Crippen LogP contribution in [0.4, 0.5) is 9.59 Å². The van der Waals surface area contributed by atoms with E-state index in [2.05, 4.69) is 48.9 Å². The van der Waals surface area contributed by atoms with Gasteiger partial charge in [-0.05, 0) is 6.42 Å². The third kappa shape index (κ3) is 29.5. The molecule has 9 heteroatoms. The van der Waals surface area contributed by atoms with Crippen molar-refractivity contribution in [3.8, 4) is 0 Å². The van der Waals surface area contributed by atoms with Crippen molar-refractivity contribution in [1.82, 2.24) is 16.3 Å². The van der Waals surface area contributed by atoms with Crippen LogP contribution in [0.25, 0.3) is 0 Å². The van der Waals surface area contributed by atoms with Gasteiger partial charge in [0.15, 0.2) is 0 Å². The molecular formula is C7H19KN4O2S2. The Hall–Kier alpha value is 1.20. The molecule has 6 nitrogen and oxygen atoms in total.